The molecule has 0 amide bonds. The van der Waals surface area contributed by atoms with Crippen molar-refractivity contribution >= 4 is 11.6 Å². The van der Waals surface area contributed by atoms with Crippen molar-refractivity contribution in [3.05, 3.63) is 155 Å². The number of ether oxygens (including phenoxy) is 1. The topological polar surface area (TPSA) is 26.2 Å². The molecule has 5 aromatic rings. The summed E-state index contributed by atoms with van der Waals surface area (Å²) in [5.74, 6) is -0.963. The monoisotopic (exact) mass is 616 g/mol. The summed E-state index contributed by atoms with van der Waals surface area (Å²) < 4.78 is 51.3. The van der Waals surface area contributed by atoms with Crippen LogP contribution in [0.15, 0.2) is 121 Å². The van der Waals surface area contributed by atoms with Gasteiger partial charge >= 0.3 is 6.18 Å². The van der Waals surface area contributed by atoms with Gasteiger partial charge in [-0.15, -0.1) is 11.6 Å². The Bertz CT molecular complexity index is 1630. The van der Waals surface area contributed by atoms with Crippen molar-refractivity contribution in [1.82, 2.24) is 9.88 Å². The molecule has 0 fully saturated rings. The first-order valence-electron chi connectivity index (χ1n) is 14.7. The van der Waals surface area contributed by atoms with E-state index in [0.29, 0.717) is 25.3 Å². The average molecular weight is 617 g/mol. The predicted octanol–water partition coefficient (Wildman–Crippen LogP) is 9.33. The van der Waals surface area contributed by atoms with E-state index in [1.165, 1.54) is 18.2 Å². The summed E-state index contributed by atoms with van der Waals surface area (Å²) in [6, 6.07) is 36.3. The second kappa shape index (κ2) is 13.7. The van der Waals surface area contributed by atoms with Crippen LogP contribution in [0.5, 0.6) is 5.75 Å². The van der Waals surface area contributed by atoms with Crippen LogP contribution in [0.25, 0.3) is 5.69 Å². The zero-order valence-corrected chi connectivity index (χ0v) is 25.6. The molecule has 228 valence electrons. The largest absolute Gasteiger partial charge is 0.493 e. The quantitative estimate of drug-likeness (QED) is 0.112. The predicted molar refractivity (Wildman–Crippen MR) is 172 cm³/mol. The number of rotatable bonds is 12. The van der Waals surface area contributed by atoms with Crippen molar-refractivity contribution in [1.29, 1.82) is 0 Å². The van der Waals surface area contributed by atoms with E-state index in [9.17, 15) is 13.2 Å². The SMILES string of the molecule is Cc1ccc(C)n1-c1cccc(OCCCNCC(Cl)(c2ccccc2)c2cccc(C(c3ccccc3)C(F)(F)F)c2)c1. The Kier molecular flexibility index (Phi) is 9.82. The van der Waals surface area contributed by atoms with Crippen molar-refractivity contribution in [2.45, 2.75) is 37.2 Å². The lowest BCUT2D eigenvalue weighted by Gasteiger charge is -2.30. The number of hydrogen-bond donors (Lipinski definition) is 1. The van der Waals surface area contributed by atoms with Crippen molar-refractivity contribution in [3.8, 4) is 11.4 Å². The number of aryl methyl sites for hydroxylation is 2. The lowest BCUT2D eigenvalue weighted by molar-refractivity contribution is -0.141. The Morgan fingerprint density at radius 2 is 1.34 bits per heavy atom. The van der Waals surface area contributed by atoms with Crippen LogP contribution < -0.4 is 10.1 Å². The Morgan fingerprint density at radius 1 is 0.727 bits per heavy atom. The maximum Gasteiger partial charge on any atom is 0.399 e. The van der Waals surface area contributed by atoms with Crippen LogP contribution >= 0.6 is 11.6 Å². The number of nitrogens with one attached hydrogen (secondary N) is 1. The second-order valence-electron chi connectivity index (χ2n) is 11.0. The molecule has 0 saturated carbocycles. The molecule has 44 heavy (non-hydrogen) atoms. The van der Waals surface area contributed by atoms with E-state index in [1.807, 2.05) is 48.5 Å². The number of nitrogens with zero attached hydrogens (tertiary/aromatic N) is 1. The first kappa shape index (κ1) is 31.4. The fourth-order valence-electron chi connectivity index (χ4n) is 5.69. The summed E-state index contributed by atoms with van der Waals surface area (Å²) >= 11 is 7.35. The lowest BCUT2D eigenvalue weighted by Crippen LogP contribution is -2.35. The van der Waals surface area contributed by atoms with Gasteiger partial charge in [-0.3, -0.25) is 0 Å². The third kappa shape index (κ3) is 7.20. The fraction of sp³-hybridized carbons (Fsp3) is 0.243. The van der Waals surface area contributed by atoms with Gasteiger partial charge in [0.15, 0.2) is 0 Å². The van der Waals surface area contributed by atoms with Crippen molar-refractivity contribution in [2.24, 2.45) is 0 Å². The van der Waals surface area contributed by atoms with Gasteiger partial charge < -0.3 is 14.6 Å². The smallest absolute Gasteiger partial charge is 0.399 e. The molecule has 0 radical (unpaired) electrons. The van der Waals surface area contributed by atoms with Gasteiger partial charge in [0.25, 0.3) is 0 Å². The lowest BCUT2D eigenvalue weighted by atomic mass is 9.85. The van der Waals surface area contributed by atoms with Crippen LogP contribution in [-0.4, -0.2) is 30.4 Å². The maximum atomic E-state index is 14.4. The minimum atomic E-state index is -4.46. The average Bonchev–Trinajstić information content (AvgIpc) is 3.36. The first-order valence-corrected chi connectivity index (χ1v) is 15.1. The molecule has 0 aliphatic heterocycles. The maximum absolute atomic E-state index is 14.4. The van der Waals surface area contributed by atoms with E-state index in [-0.39, 0.29) is 11.1 Å². The standard InChI is InChI=1S/C37H36ClF3N2O/c1-27-20-21-28(2)43(27)33-18-10-19-34(25-33)44-23-11-22-42-26-36(38,31-15-7-4-8-16-31)32-17-9-14-30(24-32)35(37(39,40)41)29-12-5-3-6-13-29/h3-10,12-21,24-25,35,42H,11,22-23,26H2,1-2H3. The highest BCUT2D eigenvalue weighted by Crippen LogP contribution is 2.43. The minimum absolute atomic E-state index is 0.156. The molecule has 0 saturated heterocycles. The van der Waals surface area contributed by atoms with Gasteiger partial charge in [-0.05, 0) is 73.3 Å². The van der Waals surface area contributed by atoms with Crippen LogP contribution in [0.3, 0.4) is 0 Å². The van der Waals surface area contributed by atoms with Crippen molar-refractivity contribution in [3.63, 3.8) is 0 Å². The number of hydrogen-bond acceptors (Lipinski definition) is 2. The minimum Gasteiger partial charge on any atom is -0.493 e. The van der Waals surface area contributed by atoms with E-state index in [2.05, 4.69) is 41.9 Å². The molecular weight excluding hydrogens is 581 g/mol. The Balaban J connectivity index is 1.28. The van der Waals surface area contributed by atoms with E-state index >= 15 is 0 Å². The van der Waals surface area contributed by atoms with Gasteiger partial charge in [0, 0.05) is 29.7 Å². The van der Waals surface area contributed by atoms with Gasteiger partial charge in [0.05, 0.1) is 6.61 Å². The highest BCUT2D eigenvalue weighted by molar-refractivity contribution is 6.26. The molecule has 0 aliphatic rings. The highest BCUT2D eigenvalue weighted by Gasteiger charge is 2.42. The van der Waals surface area contributed by atoms with Crippen molar-refractivity contribution in [2.75, 3.05) is 19.7 Å². The van der Waals surface area contributed by atoms with Crippen LogP contribution in [-0.2, 0) is 4.87 Å². The number of benzene rings is 4. The first-order chi connectivity index (χ1) is 21.2. The van der Waals surface area contributed by atoms with Crippen LogP contribution in [0.4, 0.5) is 13.2 Å². The summed E-state index contributed by atoms with van der Waals surface area (Å²) in [5, 5.41) is 3.43. The molecule has 0 aliphatic carbocycles. The molecule has 1 N–H and O–H groups in total. The summed E-state index contributed by atoms with van der Waals surface area (Å²) in [7, 11) is 0. The molecule has 2 unspecified atom stereocenters. The van der Waals surface area contributed by atoms with E-state index in [0.717, 1.165) is 34.8 Å². The Morgan fingerprint density at radius 3 is 2.02 bits per heavy atom. The molecule has 7 heteroatoms. The molecule has 1 heterocycles. The Labute approximate surface area is 262 Å². The van der Waals surface area contributed by atoms with Gasteiger partial charge in [0.2, 0.25) is 0 Å². The van der Waals surface area contributed by atoms with Gasteiger partial charge in [-0.2, -0.15) is 13.2 Å². The number of aromatic nitrogens is 1. The third-order valence-electron chi connectivity index (χ3n) is 7.85. The van der Waals surface area contributed by atoms with Gasteiger partial charge in [-0.1, -0.05) is 91.0 Å². The fourth-order valence-corrected chi connectivity index (χ4v) is 6.03. The highest BCUT2D eigenvalue weighted by atomic mass is 35.5. The van der Waals surface area contributed by atoms with E-state index in [4.69, 9.17) is 16.3 Å². The van der Waals surface area contributed by atoms with Gasteiger partial charge in [0.1, 0.15) is 16.5 Å². The van der Waals surface area contributed by atoms with Crippen LogP contribution in [0.1, 0.15) is 46.0 Å². The molecule has 2 atom stereocenters. The Hall–Kier alpha value is -4.00. The van der Waals surface area contributed by atoms with Crippen molar-refractivity contribution < 1.29 is 17.9 Å². The summed E-state index contributed by atoms with van der Waals surface area (Å²) in [5.41, 5.74) is 5.13. The molecule has 0 spiro atoms. The van der Waals surface area contributed by atoms with Gasteiger partial charge in [-0.25, -0.2) is 0 Å². The molecule has 5 rings (SSSR count). The van der Waals surface area contributed by atoms with E-state index < -0.39 is 17.0 Å². The molecule has 3 nitrogen and oxygen atoms in total. The second-order valence-corrected chi connectivity index (χ2v) is 11.7. The molecular formula is C37H36ClF3N2O. The zero-order valence-electron chi connectivity index (χ0n) is 24.8. The number of halogens is 4. The summed E-state index contributed by atoms with van der Waals surface area (Å²) in [4.78, 5) is -1.08. The normalized spacial score (nSPS) is 13.8. The molecule has 4 aromatic carbocycles. The third-order valence-corrected chi connectivity index (χ3v) is 8.42. The zero-order chi connectivity index (χ0) is 31.2. The molecule has 0 bridgehead atoms. The summed E-state index contributed by atoms with van der Waals surface area (Å²) in [6.45, 7) is 5.59. The van der Waals surface area contributed by atoms with Crippen LogP contribution in [0, 0.1) is 13.8 Å². The summed E-state index contributed by atoms with van der Waals surface area (Å²) in [6.07, 6.45) is -3.74. The number of alkyl halides is 4. The van der Waals surface area contributed by atoms with Crippen LogP contribution in [0.2, 0.25) is 0 Å². The van der Waals surface area contributed by atoms with E-state index in [1.54, 1.807) is 36.4 Å². The molecule has 1 aromatic heterocycles.